The molecule has 14 heteroatoms. The van der Waals surface area contributed by atoms with Crippen molar-refractivity contribution >= 4 is 5.97 Å². The number of carbonyl (C=O) groups is 1. The molecule has 14 nitrogen and oxygen atoms in total. The summed E-state index contributed by atoms with van der Waals surface area (Å²) in [7, 11) is 0. The van der Waals surface area contributed by atoms with Gasteiger partial charge in [-0.25, -0.2) is 0 Å². The molecule has 7 N–H and O–H groups in total. The van der Waals surface area contributed by atoms with Crippen LogP contribution in [-0.4, -0.2) is 142 Å². The number of allylic oxidation sites excluding steroid dienone is 4. The van der Waals surface area contributed by atoms with E-state index in [1.165, 1.54) is 135 Å². The minimum Gasteiger partial charge on any atom is -0.457 e. The van der Waals surface area contributed by atoms with Gasteiger partial charge in [-0.15, -0.1) is 0 Å². The van der Waals surface area contributed by atoms with Crippen LogP contribution in [0.15, 0.2) is 24.3 Å². The Morgan fingerprint density at radius 1 is 0.478 bits per heavy atom. The van der Waals surface area contributed by atoms with E-state index in [0.29, 0.717) is 13.0 Å². The zero-order chi connectivity index (χ0) is 50.2. The molecular weight excluding hydrogens is 885 g/mol. The first-order valence-corrected chi connectivity index (χ1v) is 27.9. The zero-order valence-corrected chi connectivity index (χ0v) is 43.3. The molecule has 0 amide bonds. The van der Waals surface area contributed by atoms with Gasteiger partial charge in [-0.2, -0.15) is 0 Å². The summed E-state index contributed by atoms with van der Waals surface area (Å²) in [6, 6.07) is 0. The average molecular weight is 987 g/mol. The smallest absolute Gasteiger partial charge is 0.306 e. The molecule has 2 fully saturated rings. The van der Waals surface area contributed by atoms with Crippen LogP contribution < -0.4 is 0 Å². The Balaban J connectivity index is 1.74. The highest BCUT2D eigenvalue weighted by atomic mass is 16.7. The van der Waals surface area contributed by atoms with Gasteiger partial charge in [0.15, 0.2) is 12.6 Å². The van der Waals surface area contributed by atoms with Crippen LogP contribution in [0.3, 0.4) is 0 Å². The van der Waals surface area contributed by atoms with Crippen LogP contribution in [0, 0.1) is 0 Å². The van der Waals surface area contributed by atoms with Crippen molar-refractivity contribution in [2.24, 2.45) is 0 Å². The minimum absolute atomic E-state index is 0.0584. The molecule has 0 aromatic rings. The lowest BCUT2D eigenvalue weighted by atomic mass is 9.98. The maximum atomic E-state index is 13.0. The Kier molecular flexibility index (Phi) is 39.6. The Hall–Kier alpha value is -1.53. The topological polar surface area (TPSA) is 214 Å². The molecule has 0 saturated carbocycles. The fraction of sp³-hybridized carbons (Fsp3) is 0.909. The largest absolute Gasteiger partial charge is 0.457 e. The molecule has 406 valence electrons. The Morgan fingerprint density at radius 3 is 1.41 bits per heavy atom. The lowest BCUT2D eigenvalue weighted by Gasteiger charge is -2.42. The number of aliphatic hydroxyl groups is 7. The molecule has 2 rings (SSSR count). The molecule has 2 aliphatic heterocycles. The van der Waals surface area contributed by atoms with E-state index in [-0.39, 0.29) is 25.6 Å². The molecule has 2 heterocycles. The number of carbonyl (C=O) groups excluding carboxylic acids is 1. The number of rotatable bonds is 45. The van der Waals surface area contributed by atoms with E-state index in [9.17, 15) is 40.5 Å². The molecule has 0 radical (unpaired) electrons. The van der Waals surface area contributed by atoms with Crippen molar-refractivity contribution in [1.82, 2.24) is 0 Å². The Labute approximate surface area is 417 Å². The van der Waals surface area contributed by atoms with E-state index in [1.807, 2.05) is 0 Å². The molecular formula is C55H102O14. The summed E-state index contributed by atoms with van der Waals surface area (Å²) >= 11 is 0. The first-order valence-electron chi connectivity index (χ1n) is 27.9. The highest BCUT2D eigenvalue weighted by Crippen LogP contribution is 2.27. The predicted molar refractivity (Wildman–Crippen MR) is 270 cm³/mol. The van der Waals surface area contributed by atoms with Crippen LogP contribution in [-0.2, 0) is 33.2 Å². The van der Waals surface area contributed by atoms with Crippen LogP contribution in [0.2, 0.25) is 0 Å². The summed E-state index contributed by atoms with van der Waals surface area (Å²) in [4.78, 5) is 13.0. The number of hydrogen-bond acceptors (Lipinski definition) is 14. The number of ether oxygens (including phenoxy) is 6. The van der Waals surface area contributed by atoms with Crippen molar-refractivity contribution in [3.05, 3.63) is 24.3 Å². The van der Waals surface area contributed by atoms with Crippen LogP contribution in [0.4, 0.5) is 0 Å². The van der Waals surface area contributed by atoms with Gasteiger partial charge in [0.25, 0.3) is 0 Å². The van der Waals surface area contributed by atoms with Gasteiger partial charge in [0.2, 0.25) is 0 Å². The second-order valence-electron chi connectivity index (χ2n) is 19.8. The van der Waals surface area contributed by atoms with Crippen LogP contribution in [0.1, 0.15) is 219 Å². The Morgan fingerprint density at radius 2 is 0.899 bits per heavy atom. The molecule has 0 bridgehead atoms. The normalized spacial score (nSPS) is 25.8. The highest BCUT2D eigenvalue weighted by molar-refractivity contribution is 5.69. The number of esters is 1. The van der Waals surface area contributed by atoms with Gasteiger partial charge in [-0.05, 0) is 44.9 Å². The molecule has 0 spiro atoms. The van der Waals surface area contributed by atoms with E-state index in [4.69, 9.17) is 28.4 Å². The van der Waals surface area contributed by atoms with E-state index >= 15 is 0 Å². The van der Waals surface area contributed by atoms with Crippen molar-refractivity contribution in [3.8, 4) is 0 Å². The zero-order valence-electron chi connectivity index (χ0n) is 43.3. The molecule has 2 aliphatic rings. The van der Waals surface area contributed by atoms with E-state index in [1.54, 1.807) is 0 Å². The van der Waals surface area contributed by atoms with Gasteiger partial charge in [0.1, 0.15) is 54.9 Å². The summed E-state index contributed by atoms with van der Waals surface area (Å²) in [5, 5.41) is 72.2. The van der Waals surface area contributed by atoms with E-state index < -0.39 is 80.7 Å². The SMILES string of the molecule is CCCCCC/C=C\C/C=C\CCCCCCCCOCC(COC1OC(COC2OC(CO)C(O)C(O)C2O)C(O)C(O)C1O)OC(=O)CCCCCCCCCCCCCCCCCCCC. The fourth-order valence-corrected chi connectivity index (χ4v) is 8.90. The van der Waals surface area contributed by atoms with E-state index in [0.717, 1.165) is 57.8 Å². The van der Waals surface area contributed by atoms with Crippen LogP contribution in [0.5, 0.6) is 0 Å². The summed E-state index contributed by atoms with van der Waals surface area (Å²) in [5.74, 6) is -0.376. The number of hydrogen-bond donors (Lipinski definition) is 7. The standard InChI is InChI=1S/C55H102O14/c1-3-5-7-9-11-13-15-17-19-21-22-24-26-28-30-32-34-36-38-47(57)67-44(41-64-39-37-35-33-31-29-27-25-23-20-18-16-14-12-10-8-6-4-2)42-65-54-53(63)51(61)49(59)46(69-54)43-66-55-52(62)50(60)48(58)45(40-56)68-55/h14,16,20,23,44-46,48-56,58-63H,3-13,15,17-19,21-22,24-43H2,1-2H3/b16-14-,23-20-. The number of aliphatic hydroxyl groups excluding tert-OH is 7. The van der Waals surface area contributed by atoms with E-state index in [2.05, 4.69) is 38.2 Å². The summed E-state index contributed by atoms with van der Waals surface area (Å²) < 4.78 is 34.3. The van der Waals surface area contributed by atoms with Crippen LogP contribution >= 0.6 is 0 Å². The maximum absolute atomic E-state index is 13.0. The molecule has 11 atom stereocenters. The van der Waals surface area contributed by atoms with Crippen molar-refractivity contribution < 1.29 is 69.0 Å². The molecule has 0 aromatic heterocycles. The molecule has 69 heavy (non-hydrogen) atoms. The second-order valence-corrected chi connectivity index (χ2v) is 19.8. The van der Waals surface area contributed by atoms with Gasteiger partial charge < -0.3 is 64.2 Å². The summed E-state index contributed by atoms with van der Waals surface area (Å²) in [6.45, 7) is 3.68. The lowest BCUT2D eigenvalue weighted by molar-refractivity contribution is -0.332. The van der Waals surface area contributed by atoms with Crippen molar-refractivity contribution in [2.45, 2.75) is 287 Å². The van der Waals surface area contributed by atoms with Crippen molar-refractivity contribution in [2.75, 3.05) is 33.0 Å². The molecule has 11 unspecified atom stereocenters. The van der Waals surface area contributed by atoms with Gasteiger partial charge >= 0.3 is 5.97 Å². The first-order chi connectivity index (χ1) is 33.6. The maximum Gasteiger partial charge on any atom is 0.306 e. The third-order valence-corrected chi connectivity index (χ3v) is 13.5. The quantitative estimate of drug-likeness (QED) is 0.0172. The lowest BCUT2D eigenvalue weighted by Crippen LogP contribution is -2.61. The monoisotopic (exact) mass is 987 g/mol. The third-order valence-electron chi connectivity index (χ3n) is 13.5. The Bertz CT molecular complexity index is 1240. The van der Waals surface area contributed by atoms with Gasteiger partial charge in [-0.1, -0.05) is 192 Å². The predicted octanol–water partition coefficient (Wildman–Crippen LogP) is 9.19. The highest BCUT2D eigenvalue weighted by Gasteiger charge is 2.47. The summed E-state index contributed by atoms with van der Waals surface area (Å²) in [5.41, 5.74) is 0. The first kappa shape index (κ1) is 63.6. The fourth-order valence-electron chi connectivity index (χ4n) is 8.90. The molecule has 0 aromatic carbocycles. The minimum atomic E-state index is -1.71. The van der Waals surface area contributed by atoms with Crippen molar-refractivity contribution in [1.29, 1.82) is 0 Å². The van der Waals surface area contributed by atoms with Crippen LogP contribution in [0.25, 0.3) is 0 Å². The average Bonchev–Trinajstić information content (AvgIpc) is 3.35. The van der Waals surface area contributed by atoms with Gasteiger partial charge in [0, 0.05) is 13.0 Å². The molecule has 0 aliphatic carbocycles. The van der Waals surface area contributed by atoms with Crippen molar-refractivity contribution in [3.63, 3.8) is 0 Å². The number of unbranched alkanes of at least 4 members (excludes halogenated alkanes) is 27. The van der Waals surface area contributed by atoms with Gasteiger partial charge in [0.05, 0.1) is 26.4 Å². The second kappa shape index (κ2) is 42.9. The third kappa shape index (κ3) is 30.3. The molecule has 2 saturated heterocycles. The summed E-state index contributed by atoms with van der Waals surface area (Å²) in [6.07, 6.45) is 30.9. The van der Waals surface area contributed by atoms with Gasteiger partial charge in [-0.3, -0.25) is 4.79 Å².